The molecule has 0 bridgehead atoms. The van der Waals surface area contributed by atoms with Gasteiger partial charge < -0.3 is 6.87 Å². The van der Waals surface area contributed by atoms with Gasteiger partial charge in [-0.25, -0.2) is 4.39 Å². The molecule has 27 heteroatoms. The molecule has 40 heavy (non-hydrogen) atoms. The second kappa shape index (κ2) is 10.3. The Balaban J connectivity index is 7.15. The highest BCUT2D eigenvalue weighted by atomic mass is 127. The molecule has 0 aliphatic heterocycles. The predicted molar refractivity (Wildman–Crippen MR) is 66.1 cm³/mol. The number of alkyl halides is 23. The van der Waals surface area contributed by atoms with Gasteiger partial charge in [0.15, 0.2) is 0 Å². The third kappa shape index (κ3) is 5.20. The minimum atomic E-state index is -9.52. The van der Waals surface area contributed by atoms with Gasteiger partial charge in [-0.05, 0) is 3.07 Å². The van der Waals surface area contributed by atoms with Crippen LogP contribution < -0.4 is 27.9 Å². The summed E-state index contributed by atoms with van der Waals surface area (Å²) in [5.74, 6) is -71.2. The van der Waals surface area contributed by atoms with Gasteiger partial charge in [0.05, 0.1) is 0 Å². The lowest BCUT2D eigenvalue weighted by Gasteiger charge is -2.46. The maximum atomic E-state index is 13.6. The van der Waals surface area contributed by atoms with Crippen LogP contribution in [0.1, 0.15) is 6.42 Å². The van der Waals surface area contributed by atoms with E-state index in [4.69, 9.17) is 0 Å². The first-order valence-electron chi connectivity index (χ1n) is 8.45. The molecule has 0 unspecified atom stereocenters. The van der Waals surface area contributed by atoms with Crippen LogP contribution in [0.2, 0.25) is 0 Å². The molecule has 0 rings (SSSR count). The van der Waals surface area contributed by atoms with E-state index in [1.54, 1.807) is 0 Å². The number of rotatable bonds is 12. The third-order valence-corrected chi connectivity index (χ3v) is 5.57. The maximum Gasteiger partial charge on any atom is 0.506 e. The fourth-order valence-electron chi connectivity index (χ4n) is 2.34. The van der Waals surface area contributed by atoms with Gasteiger partial charge >= 0.3 is 86.5 Å². The minimum Gasteiger partial charge on any atom is -0.396 e. The van der Waals surface area contributed by atoms with Crippen LogP contribution in [0.3, 0.4) is 0 Å². The first-order chi connectivity index (χ1) is 16.9. The van der Waals surface area contributed by atoms with Crippen molar-refractivity contribution < 1.29 is 132 Å². The van der Waals surface area contributed by atoms with E-state index in [0.29, 0.717) is 0 Å². The molecule has 0 aromatic carbocycles. The van der Waals surface area contributed by atoms with Gasteiger partial charge in [0.2, 0.25) is 0 Å². The normalized spacial score (nSPS) is 16.6. The van der Waals surface area contributed by atoms with Crippen LogP contribution in [0, 0.1) is 0 Å². The van der Waals surface area contributed by atoms with Crippen LogP contribution in [0.15, 0.2) is 0 Å². The number of halogens is 24. The Bertz CT molecular complexity index is 875. The van der Waals surface area contributed by atoms with E-state index in [2.05, 4.69) is 3.07 Å². The molecule has 242 valence electrons. The zero-order valence-electron chi connectivity index (χ0n) is 17.2. The Kier molecular flexibility index (Phi) is 10.1. The fraction of sp³-hybridized carbons (Fsp3) is 1.00. The summed E-state index contributed by atoms with van der Waals surface area (Å²) in [5.41, 5.74) is -9.06. The first-order valence-corrected chi connectivity index (χ1v) is 11.1. The van der Waals surface area contributed by atoms with Crippen LogP contribution in [0.25, 0.3) is 0 Å². The van der Waals surface area contributed by atoms with Crippen molar-refractivity contribution in [2.45, 2.75) is 71.8 Å². The van der Waals surface area contributed by atoms with Gasteiger partial charge in [-0.2, -0.15) is 96.6 Å². The smallest absolute Gasteiger partial charge is 0.396 e. The minimum absolute atomic E-state index is 2.35. The van der Waals surface area contributed by atoms with Gasteiger partial charge in [0.25, 0.3) is 0 Å². The van der Waals surface area contributed by atoms with E-state index in [0.717, 1.165) is 0 Å². The van der Waals surface area contributed by atoms with E-state index < -0.39 is 99.5 Å². The highest BCUT2D eigenvalue weighted by Gasteiger charge is 2.99. The van der Waals surface area contributed by atoms with Crippen molar-refractivity contribution in [3.63, 3.8) is 0 Å². The van der Waals surface area contributed by atoms with E-state index >= 15 is 0 Å². The highest BCUT2D eigenvalue weighted by Crippen LogP contribution is 2.67. The molecule has 0 spiro atoms. The summed E-state index contributed by atoms with van der Waals surface area (Å²) in [4.78, 5) is 0. The molecule has 0 saturated heterocycles. The molecule has 0 aromatic heterocycles. The molecule has 0 radical (unpaired) electrons. The lowest BCUT2D eigenvalue weighted by Crippen LogP contribution is -3.99. The zero-order chi connectivity index (χ0) is 33.2. The average Bonchev–Trinajstić information content (AvgIpc) is 2.69. The molecule has 0 heterocycles. The van der Waals surface area contributed by atoms with Crippen LogP contribution in [0.4, 0.5) is 101 Å². The van der Waals surface area contributed by atoms with Gasteiger partial charge in [-0.3, -0.25) is 0 Å². The summed E-state index contributed by atoms with van der Waals surface area (Å²) < 4.78 is 327. The highest BCUT2D eigenvalue weighted by molar-refractivity contribution is 5.20. The van der Waals surface area contributed by atoms with Gasteiger partial charge in [0, 0.05) is 6.42 Å². The van der Waals surface area contributed by atoms with E-state index in [9.17, 15) is 108 Å². The van der Waals surface area contributed by atoms with Crippen molar-refractivity contribution in [3.05, 3.63) is 0 Å². The Hall–Kier alpha value is -1.00. The van der Waals surface area contributed by atoms with Crippen molar-refractivity contribution in [2.75, 3.05) is 6.61 Å². The van der Waals surface area contributed by atoms with Crippen LogP contribution >= 0.6 is 0 Å². The Morgan fingerprint density at radius 1 is 0.400 bits per heavy atom. The molecule has 0 saturated carbocycles. The summed E-state index contributed by atoms with van der Waals surface area (Å²) in [6, 6.07) is 0. The third-order valence-electron chi connectivity index (χ3n) is 4.62. The topological polar surface area (TPSA) is 55.3 Å². The molecule has 3 nitrogen and oxygen atoms in total. The Labute approximate surface area is 211 Å². The standard InChI is InChI=1S/C13H4F23IO3/c14-3(15,1-2-40-37(38)39)5(17,18)7(21,22)9(25,26)11(29,30)10(27,28)8(23,24)6(19,20)4(16,12(31,32)33)13(34,35)36/h1-2H2. The summed E-state index contributed by atoms with van der Waals surface area (Å²) in [5, 5.41) is 0. The lowest BCUT2D eigenvalue weighted by atomic mass is 9.82. The van der Waals surface area contributed by atoms with Crippen LogP contribution in [-0.4, -0.2) is 72.0 Å². The number of hydrogen-bond acceptors (Lipinski definition) is 3. The van der Waals surface area contributed by atoms with Crippen molar-refractivity contribution in [1.82, 2.24) is 0 Å². The molecule has 0 atom stereocenters. The van der Waals surface area contributed by atoms with Crippen molar-refractivity contribution in [1.29, 1.82) is 0 Å². The van der Waals surface area contributed by atoms with Crippen molar-refractivity contribution in [3.8, 4) is 0 Å². The van der Waals surface area contributed by atoms with Gasteiger partial charge in [-0.15, -0.1) is 0 Å². The Morgan fingerprint density at radius 3 is 0.900 bits per heavy atom. The van der Waals surface area contributed by atoms with Crippen molar-refractivity contribution >= 4 is 0 Å². The maximum absolute atomic E-state index is 13.6. The molecule has 0 aromatic rings. The molecule has 0 aliphatic carbocycles. The van der Waals surface area contributed by atoms with Crippen LogP contribution in [-0.2, 0) is 3.07 Å². The molecule has 0 aliphatic rings. The zero-order valence-corrected chi connectivity index (χ0v) is 19.4. The van der Waals surface area contributed by atoms with Gasteiger partial charge in [0.1, 0.15) is 6.61 Å². The summed E-state index contributed by atoms with van der Waals surface area (Å²) in [7, 11) is 0. The quantitative estimate of drug-likeness (QED) is 0.227. The number of hydrogen-bond donors (Lipinski definition) is 0. The SMILES string of the molecule is [O-][I+2]([O-])OCCC(F)(F)C(F)(F)C(F)(F)C(F)(F)C(F)(F)C(F)(F)C(F)(F)C(F)(F)C(F)(C(F)(F)F)C(F)(F)F. The monoisotopic (exact) mass is 772 g/mol. The molecule has 0 amide bonds. The average molecular weight is 772 g/mol. The van der Waals surface area contributed by atoms with Crippen molar-refractivity contribution in [2.24, 2.45) is 0 Å². The summed E-state index contributed by atoms with van der Waals surface area (Å²) in [6.07, 6.45) is -20.3. The predicted octanol–water partition coefficient (Wildman–Crippen LogP) is 2.40. The molecular formula is C13H4F23IO3. The first kappa shape index (κ1) is 39.0. The second-order valence-electron chi connectivity index (χ2n) is 7.13. The van der Waals surface area contributed by atoms with Gasteiger partial charge in [-0.1, -0.05) is 0 Å². The summed E-state index contributed by atoms with van der Waals surface area (Å²) in [6.45, 7) is -2.35. The second-order valence-corrected chi connectivity index (χ2v) is 8.83. The fourth-order valence-corrected chi connectivity index (χ4v) is 2.92. The van der Waals surface area contributed by atoms with Crippen LogP contribution in [0.5, 0.6) is 0 Å². The molecule has 0 N–H and O–H groups in total. The van der Waals surface area contributed by atoms with E-state index in [1.165, 1.54) is 0 Å². The summed E-state index contributed by atoms with van der Waals surface area (Å²) >= 11 is -5.16. The molecular weight excluding hydrogens is 768 g/mol. The Morgan fingerprint density at radius 2 is 0.650 bits per heavy atom. The molecule has 0 fully saturated rings. The van der Waals surface area contributed by atoms with E-state index in [1.807, 2.05) is 0 Å². The largest absolute Gasteiger partial charge is 0.506 e. The van der Waals surface area contributed by atoms with E-state index in [-0.39, 0.29) is 0 Å². The lowest BCUT2D eigenvalue weighted by molar-refractivity contribution is -1.63.